The van der Waals surface area contributed by atoms with Crippen LogP contribution in [0.15, 0.2) is 46.1 Å². The van der Waals surface area contributed by atoms with E-state index in [0.29, 0.717) is 6.54 Å². The fourth-order valence-corrected chi connectivity index (χ4v) is 3.13. The van der Waals surface area contributed by atoms with Crippen molar-refractivity contribution in [1.29, 1.82) is 0 Å². The lowest BCUT2D eigenvalue weighted by Crippen LogP contribution is -2.29. The van der Waals surface area contributed by atoms with Crippen molar-refractivity contribution >= 4 is 25.9 Å². The third-order valence-electron chi connectivity index (χ3n) is 2.43. The number of aliphatic imine (C=N–C) groups is 1. The summed E-state index contributed by atoms with van der Waals surface area (Å²) in [6.45, 7) is 7.24. The van der Waals surface area contributed by atoms with Crippen LogP contribution in [0.3, 0.4) is 0 Å². The van der Waals surface area contributed by atoms with Crippen LogP contribution in [0.1, 0.15) is 11.1 Å². The molecule has 0 bridgehead atoms. The van der Waals surface area contributed by atoms with Gasteiger partial charge in [0, 0.05) is 17.3 Å². The number of benzene rings is 1. The van der Waals surface area contributed by atoms with Crippen molar-refractivity contribution in [3.05, 3.63) is 52.2 Å². The third-order valence-corrected chi connectivity index (χ3v) is 3.97. The number of rotatable bonds is 5. The lowest BCUT2D eigenvalue weighted by molar-refractivity contribution is 0.549. The monoisotopic (exact) mass is 289 g/mol. The van der Waals surface area contributed by atoms with Crippen LogP contribution in [0.4, 0.5) is 0 Å². The van der Waals surface area contributed by atoms with E-state index in [1.807, 2.05) is 24.4 Å². The average Bonchev–Trinajstić information content (AvgIpc) is 2.82. The molecule has 100 valence electrons. The Morgan fingerprint density at radius 1 is 1.21 bits per heavy atom. The maximum atomic E-state index is 6.09. The van der Waals surface area contributed by atoms with Crippen LogP contribution in [-0.4, -0.2) is 14.5 Å². The van der Waals surface area contributed by atoms with Gasteiger partial charge >= 0.3 is 0 Å². The highest BCUT2D eigenvalue weighted by atomic mass is 32.1. The van der Waals surface area contributed by atoms with E-state index in [4.69, 9.17) is 4.43 Å². The van der Waals surface area contributed by atoms with Crippen molar-refractivity contribution < 1.29 is 4.43 Å². The van der Waals surface area contributed by atoms with Crippen LogP contribution in [0, 0.1) is 0 Å². The zero-order valence-corrected chi connectivity index (χ0v) is 13.4. The molecular weight excluding hydrogens is 270 g/mol. The fraction of sp³-hybridized carbons (Fsp3) is 0.267. The smallest absolute Gasteiger partial charge is 0.242 e. The van der Waals surface area contributed by atoms with Gasteiger partial charge in [-0.2, -0.15) is 11.3 Å². The minimum atomic E-state index is -1.57. The highest BCUT2D eigenvalue weighted by Gasteiger charge is 2.17. The largest absolute Gasteiger partial charge is 0.544 e. The van der Waals surface area contributed by atoms with E-state index in [2.05, 4.69) is 47.5 Å². The van der Waals surface area contributed by atoms with Gasteiger partial charge in [0.25, 0.3) is 0 Å². The molecule has 0 aliphatic heterocycles. The Labute approximate surface area is 119 Å². The summed E-state index contributed by atoms with van der Waals surface area (Å²) in [5, 5.41) is 4.15. The zero-order valence-electron chi connectivity index (χ0n) is 11.6. The van der Waals surface area contributed by atoms with Gasteiger partial charge in [-0.3, -0.25) is 4.99 Å². The van der Waals surface area contributed by atoms with Crippen LogP contribution < -0.4 is 4.43 Å². The molecule has 0 fully saturated rings. The Kier molecular flexibility index (Phi) is 4.55. The Morgan fingerprint density at radius 3 is 2.68 bits per heavy atom. The van der Waals surface area contributed by atoms with Crippen molar-refractivity contribution in [2.24, 2.45) is 4.99 Å². The van der Waals surface area contributed by atoms with Gasteiger partial charge < -0.3 is 4.43 Å². The van der Waals surface area contributed by atoms with Gasteiger partial charge in [0.15, 0.2) is 0 Å². The van der Waals surface area contributed by atoms with Gasteiger partial charge in [0.2, 0.25) is 8.32 Å². The third kappa shape index (κ3) is 4.65. The number of hydrogen-bond donors (Lipinski definition) is 0. The van der Waals surface area contributed by atoms with Crippen LogP contribution in [-0.2, 0) is 6.54 Å². The minimum Gasteiger partial charge on any atom is -0.544 e. The fourth-order valence-electron chi connectivity index (χ4n) is 1.66. The molecule has 19 heavy (non-hydrogen) atoms. The molecule has 0 aliphatic carbocycles. The van der Waals surface area contributed by atoms with E-state index in [1.165, 1.54) is 0 Å². The van der Waals surface area contributed by atoms with E-state index in [9.17, 15) is 0 Å². The van der Waals surface area contributed by atoms with Crippen molar-refractivity contribution in [3.63, 3.8) is 0 Å². The maximum Gasteiger partial charge on any atom is 0.242 e. The molecule has 1 aromatic carbocycles. The maximum absolute atomic E-state index is 6.09. The number of nitrogens with zero attached hydrogens (tertiary/aromatic N) is 1. The molecule has 0 saturated carbocycles. The Bertz CT molecular complexity index is 544. The average molecular weight is 289 g/mol. The van der Waals surface area contributed by atoms with Gasteiger partial charge in [0.1, 0.15) is 5.75 Å². The molecule has 0 aliphatic rings. The van der Waals surface area contributed by atoms with E-state index in [1.54, 1.807) is 11.3 Å². The Hall–Kier alpha value is -1.39. The lowest BCUT2D eigenvalue weighted by atomic mass is 10.2. The molecule has 0 saturated heterocycles. The van der Waals surface area contributed by atoms with Crippen LogP contribution in [0.5, 0.6) is 5.75 Å². The molecular formula is C15H19NOSSi. The molecule has 2 rings (SSSR count). The molecule has 2 nitrogen and oxygen atoms in total. The molecule has 0 spiro atoms. The van der Waals surface area contributed by atoms with Gasteiger partial charge in [-0.25, -0.2) is 0 Å². The number of hydrogen-bond acceptors (Lipinski definition) is 3. The topological polar surface area (TPSA) is 21.6 Å². The summed E-state index contributed by atoms with van der Waals surface area (Å²) in [4.78, 5) is 4.49. The SMILES string of the molecule is C[Si](C)(C)Oc1ccccc1CN=Cc1ccsc1. The van der Waals surface area contributed by atoms with Gasteiger partial charge in [0.05, 0.1) is 6.54 Å². The molecule has 0 N–H and O–H groups in total. The second-order valence-corrected chi connectivity index (χ2v) is 10.6. The molecule has 2 aromatic rings. The molecule has 0 unspecified atom stereocenters. The van der Waals surface area contributed by atoms with Gasteiger partial charge in [-0.15, -0.1) is 0 Å². The predicted octanol–water partition coefficient (Wildman–Crippen LogP) is 4.58. The van der Waals surface area contributed by atoms with Crippen molar-refractivity contribution in [1.82, 2.24) is 0 Å². The minimum absolute atomic E-state index is 0.663. The molecule has 0 amide bonds. The van der Waals surface area contributed by atoms with Crippen LogP contribution >= 0.6 is 11.3 Å². The second kappa shape index (κ2) is 6.17. The van der Waals surface area contributed by atoms with E-state index < -0.39 is 8.32 Å². The summed E-state index contributed by atoms with van der Waals surface area (Å²) < 4.78 is 6.09. The first-order valence-electron chi connectivity index (χ1n) is 6.33. The van der Waals surface area contributed by atoms with Crippen LogP contribution in [0.2, 0.25) is 19.6 Å². The summed E-state index contributed by atoms with van der Waals surface area (Å²) >= 11 is 1.69. The summed E-state index contributed by atoms with van der Waals surface area (Å²) in [5.74, 6) is 0.976. The summed E-state index contributed by atoms with van der Waals surface area (Å²) in [5.41, 5.74) is 2.31. The number of para-hydroxylation sites is 1. The summed E-state index contributed by atoms with van der Waals surface area (Å²) in [7, 11) is -1.57. The zero-order chi connectivity index (χ0) is 13.7. The van der Waals surface area contributed by atoms with Crippen molar-refractivity contribution in [2.75, 3.05) is 0 Å². The van der Waals surface area contributed by atoms with Gasteiger partial charge in [-0.1, -0.05) is 18.2 Å². The van der Waals surface area contributed by atoms with Crippen molar-refractivity contribution in [2.45, 2.75) is 26.2 Å². The Balaban J connectivity index is 2.08. The lowest BCUT2D eigenvalue weighted by Gasteiger charge is -2.21. The van der Waals surface area contributed by atoms with Gasteiger partial charge in [-0.05, 0) is 42.5 Å². The Morgan fingerprint density at radius 2 is 2.00 bits per heavy atom. The normalized spacial score (nSPS) is 11.9. The first-order chi connectivity index (χ1) is 9.04. The summed E-state index contributed by atoms with van der Waals surface area (Å²) in [6.07, 6.45) is 1.92. The predicted molar refractivity (Wildman–Crippen MR) is 86.0 cm³/mol. The molecule has 1 aromatic heterocycles. The molecule has 0 radical (unpaired) electrons. The second-order valence-electron chi connectivity index (χ2n) is 5.35. The molecule has 1 heterocycles. The highest BCUT2D eigenvalue weighted by molar-refractivity contribution is 7.08. The number of thiophene rings is 1. The molecule has 0 atom stereocenters. The van der Waals surface area contributed by atoms with Crippen LogP contribution in [0.25, 0.3) is 0 Å². The van der Waals surface area contributed by atoms with E-state index in [0.717, 1.165) is 16.9 Å². The van der Waals surface area contributed by atoms with E-state index in [-0.39, 0.29) is 0 Å². The molecule has 4 heteroatoms. The standard InChI is InChI=1S/C15H19NOSSi/c1-19(2,3)17-15-7-5-4-6-14(15)11-16-10-13-8-9-18-12-13/h4-10,12H,11H2,1-3H3. The highest BCUT2D eigenvalue weighted by Crippen LogP contribution is 2.22. The quantitative estimate of drug-likeness (QED) is 0.583. The summed E-state index contributed by atoms with van der Waals surface area (Å²) in [6, 6.07) is 10.2. The van der Waals surface area contributed by atoms with E-state index >= 15 is 0 Å². The first kappa shape index (κ1) is 14.0. The first-order valence-corrected chi connectivity index (χ1v) is 10.7. The van der Waals surface area contributed by atoms with Crippen molar-refractivity contribution in [3.8, 4) is 5.75 Å².